The second-order valence-electron chi connectivity index (χ2n) is 3.73. The van der Waals surface area contributed by atoms with Gasteiger partial charge in [-0.3, -0.25) is 4.79 Å². The van der Waals surface area contributed by atoms with Gasteiger partial charge in [-0.25, -0.2) is 8.42 Å². The quantitative estimate of drug-likeness (QED) is 0.591. The number of ether oxygens (including phenoxy) is 1. The lowest BCUT2D eigenvalue weighted by molar-refractivity contribution is -0.142. The lowest BCUT2D eigenvalue weighted by atomic mass is 10.2. The average Bonchev–Trinajstić information content (AvgIpc) is 2.36. The summed E-state index contributed by atoms with van der Waals surface area (Å²) in [6, 6.07) is 4.50. The van der Waals surface area contributed by atoms with Crippen LogP contribution in [0.3, 0.4) is 0 Å². The topological polar surface area (TPSA) is 122 Å². The molecule has 1 aromatic carbocycles. The van der Waals surface area contributed by atoms with Gasteiger partial charge < -0.3 is 10.5 Å². The summed E-state index contributed by atoms with van der Waals surface area (Å²) in [5, 5.41) is 8.91. The van der Waals surface area contributed by atoms with E-state index < -0.39 is 22.0 Å². The molecule has 1 atom stereocenters. The zero-order valence-corrected chi connectivity index (χ0v) is 11.2. The van der Waals surface area contributed by atoms with Gasteiger partial charge in [-0.1, -0.05) is 0 Å². The number of esters is 1. The molecule has 0 bridgehead atoms. The number of benzene rings is 1. The third-order valence-electron chi connectivity index (χ3n) is 2.30. The molecule has 0 aliphatic rings. The fraction of sp³-hybridized carbons (Fsp3) is 0.273. The number of carbonyl (C=O) groups excluding carboxylic acids is 1. The number of nitrogens with one attached hydrogen (secondary N) is 1. The number of nitrogens with two attached hydrogens (primary N) is 1. The normalized spacial score (nSPS) is 12.5. The summed E-state index contributed by atoms with van der Waals surface area (Å²) >= 11 is 0. The molecule has 1 aromatic rings. The number of sulfonamides is 1. The molecule has 19 heavy (non-hydrogen) atoms. The van der Waals surface area contributed by atoms with Crippen LogP contribution in [0.2, 0.25) is 0 Å². The monoisotopic (exact) mass is 283 g/mol. The van der Waals surface area contributed by atoms with E-state index >= 15 is 0 Å². The van der Waals surface area contributed by atoms with E-state index in [-0.39, 0.29) is 16.1 Å². The fourth-order valence-electron chi connectivity index (χ4n) is 1.39. The molecule has 7 nitrogen and oxygen atoms in total. The number of rotatable bonds is 4. The van der Waals surface area contributed by atoms with Crippen LogP contribution < -0.4 is 10.5 Å². The lowest BCUT2D eigenvalue weighted by Gasteiger charge is -2.13. The van der Waals surface area contributed by atoms with Gasteiger partial charge in [-0.2, -0.15) is 9.98 Å². The molecule has 0 aliphatic carbocycles. The van der Waals surface area contributed by atoms with Gasteiger partial charge in [-0.15, -0.1) is 0 Å². The first-order valence-corrected chi connectivity index (χ1v) is 6.70. The summed E-state index contributed by atoms with van der Waals surface area (Å²) in [5.74, 6) is -0.725. The first-order valence-electron chi connectivity index (χ1n) is 5.21. The Morgan fingerprint density at radius 2 is 2.16 bits per heavy atom. The van der Waals surface area contributed by atoms with E-state index in [0.717, 1.165) is 7.11 Å². The maximum absolute atomic E-state index is 12.0. The molecular formula is C11H13N3O4S. The molecule has 0 aromatic heterocycles. The van der Waals surface area contributed by atoms with Gasteiger partial charge in [0.25, 0.3) is 0 Å². The Morgan fingerprint density at radius 1 is 1.53 bits per heavy atom. The molecule has 0 fully saturated rings. The number of methoxy groups -OCH3 is 1. The maximum atomic E-state index is 12.0. The van der Waals surface area contributed by atoms with Gasteiger partial charge in [0.2, 0.25) is 10.0 Å². The van der Waals surface area contributed by atoms with Crippen molar-refractivity contribution < 1.29 is 17.9 Å². The van der Waals surface area contributed by atoms with Crippen LogP contribution in [0.5, 0.6) is 0 Å². The van der Waals surface area contributed by atoms with Gasteiger partial charge in [-0.05, 0) is 25.1 Å². The highest BCUT2D eigenvalue weighted by molar-refractivity contribution is 7.89. The van der Waals surface area contributed by atoms with Crippen molar-refractivity contribution in [3.05, 3.63) is 23.8 Å². The zero-order valence-electron chi connectivity index (χ0n) is 10.4. The SMILES string of the molecule is COC(=O)C(C)NS(=O)(=O)c1ccc(N)cc1C#N. The summed E-state index contributed by atoms with van der Waals surface area (Å²) in [7, 11) is -2.85. The number of hydrogen-bond acceptors (Lipinski definition) is 6. The third-order valence-corrected chi connectivity index (χ3v) is 3.90. The molecule has 0 radical (unpaired) electrons. The second-order valence-corrected chi connectivity index (χ2v) is 5.42. The van der Waals surface area contributed by atoms with Crippen molar-refractivity contribution in [2.24, 2.45) is 0 Å². The minimum Gasteiger partial charge on any atom is -0.468 e. The van der Waals surface area contributed by atoms with Crippen LogP contribution in [-0.4, -0.2) is 27.5 Å². The predicted octanol–water partition coefficient (Wildman–Crippen LogP) is -0.0197. The standard InChI is InChI=1S/C11H13N3O4S/c1-7(11(15)18-2)14-19(16,17)10-4-3-9(13)5-8(10)6-12/h3-5,7,14H,13H2,1-2H3. The largest absolute Gasteiger partial charge is 0.468 e. The van der Waals surface area contributed by atoms with Crippen LogP contribution in [0.25, 0.3) is 0 Å². The summed E-state index contributed by atoms with van der Waals surface area (Å²) in [4.78, 5) is 11.0. The van der Waals surface area contributed by atoms with Gasteiger partial charge in [0.1, 0.15) is 12.1 Å². The van der Waals surface area contributed by atoms with Crippen molar-refractivity contribution in [1.29, 1.82) is 5.26 Å². The first kappa shape index (κ1) is 14.9. The van der Waals surface area contributed by atoms with E-state index in [9.17, 15) is 13.2 Å². The number of nitrogen functional groups attached to an aromatic ring is 1. The van der Waals surface area contributed by atoms with Crippen molar-refractivity contribution >= 4 is 21.7 Å². The Bertz CT molecular complexity index is 634. The fourth-order valence-corrected chi connectivity index (χ4v) is 2.72. The molecule has 0 amide bonds. The van der Waals surface area contributed by atoms with Gasteiger partial charge in [0.05, 0.1) is 17.6 Å². The number of nitriles is 1. The highest BCUT2D eigenvalue weighted by Crippen LogP contribution is 2.18. The van der Waals surface area contributed by atoms with E-state index in [4.69, 9.17) is 11.0 Å². The number of nitrogens with zero attached hydrogens (tertiary/aromatic N) is 1. The minimum absolute atomic E-state index is 0.0930. The number of hydrogen-bond donors (Lipinski definition) is 2. The molecule has 0 heterocycles. The van der Waals surface area contributed by atoms with E-state index in [1.54, 1.807) is 6.07 Å². The third kappa shape index (κ3) is 3.43. The van der Waals surface area contributed by atoms with Crippen LogP contribution >= 0.6 is 0 Å². The molecule has 8 heteroatoms. The van der Waals surface area contributed by atoms with E-state index in [1.807, 2.05) is 0 Å². The molecule has 102 valence electrons. The average molecular weight is 283 g/mol. The molecule has 0 saturated carbocycles. The Kier molecular flexibility index (Phi) is 4.47. The van der Waals surface area contributed by atoms with Crippen LogP contribution in [0, 0.1) is 11.3 Å². The van der Waals surface area contributed by atoms with Crippen LogP contribution in [-0.2, 0) is 19.6 Å². The smallest absolute Gasteiger partial charge is 0.323 e. The molecule has 3 N–H and O–H groups in total. The number of anilines is 1. The van der Waals surface area contributed by atoms with Crippen molar-refractivity contribution in [2.45, 2.75) is 17.9 Å². The Morgan fingerprint density at radius 3 is 2.68 bits per heavy atom. The lowest BCUT2D eigenvalue weighted by Crippen LogP contribution is -2.39. The van der Waals surface area contributed by atoms with Crippen LogP contribution in [0.1, 0.15) is 12.5 Å². The summed E-state index contributed by atoms with van der Waals surface area (Å²) in [6.45, 7) is 1.34. The Labute approximate surface area is 111 Å². The molecule has 1 unspecified atom stereocenters. The first-order chi connectivity index (χ1) is 8.81. The molecule has 0 spiro atoms. The summed E-state index contributed by atoms with van der Waals surface area (Å²) in [6.07, 6.45) is 0. The van der Waals surface area contributed by atoms with Crippen LogP contribution in [0.4, 0.5) is 5.69 Å². The summed E-state index contributed by atoms with van der Waals surface area (Å²) in [5.41, 5.74) is 5.66. The Balaban J connectivity index is 3.15. The van der Waals surface area contributed by atoms with Crippen molar-refractivity contribution in [3.8, 4) is 6.07 Å². The van der Waals surface area contributed by atoms with Crippen molar-refractivity contribution in [2.75, 3.05) is 12.8 Å². The van der Waals surface area contributed by atoms with Gasteiger partial charge in [0, 0.05) is 5.69 Å². The maximum Gasteiger partial charge on any atom is 0.323 e. The molecule has 1 rings (SSSR count). The van der Waals surface area contributed by atoms with Crippen molar-refractivity contribution in [3.63, 3.8) is 0 Å². The van der Waals surface area contributed by atoms with Crippen LogP contribution in [0.15, 0.2) is 23.1 Å². The van der Waals surface area contributed by atoms with Crippen molar-refractivity contribution in [1.82, 2.24) is 4.72 Å². The minimum atomic E-state index is -4.00. The molecular weight excluding hydrogens is 270 g/mol. The number of carbonyl (C=O) groups is 1. The predicted molar refractivity (Wildman–Crippen MR) is 67.4 cm³/mol. The van der Waals surface area contributed by atoms with E-state index in [1.165, 1.54) is 25.1 Å². The molecule has 0 aliphatic heterocycles. The second kappa shape index (κ2) is 5.69. The zero-order chi connectivity index (χ0) is 14.6. The highest BCUT2D eigenvalue weighted by atomic mass is 32.2. The highest BCUT2D eigenvalue weighted by Gasteiger charge is 2.24. The van der Waals surface area contributed by atoms with E-state index in [0.29, 0.717) is 0 Å². The van der Waals surface area contributed by atoms with E-state index in [2.05, 4.69) is 9.46 Å². The summed E-state index contributed by atoms with van der Waals surface area (Å²) < 4.78 is 30.6. The van der Waals surface area contributed by atoms with Gasteiger partial charge in [0.15, 0.2) is 0 Å². The molecule has 0 saturated heterocycles. The van der Waals surface area contributed by atoms with Gasteiger partial charge >= 0.3 is 5.97 Å². The Hall–Kier alpha value is -2.11.